The predicted octanol–water partition coefficient (Wildman–Crippen LogP) is 1.94. The lowest BCUT2D eigenvalue weighted by Gasteiger charge is -2.21. The van der Waals surface area contributed by atoms with Gasteiger partial charge in [0.15, 0.2) is 23.6 Å². The van der Waals surface area contributed by atoms with Crippen molar-refractivity contribution in [2.45, 2.75) is 19.0 Å². The summed E-state index contributed by atoms with van der Waals surface area (Å²) in [5.74, 6) is -0.518. The molecule has 2 aromatic carbocycles. The number of nitrogens with one attached hydrogen (secondary N) is 1. The first-order valence-corrected chi connectivity index (χ1v) is 9.57. The molecule has 2 atom stereocenters. The van der Waals surface area contributed by atoms with E-state index in [-0.39, 0.29) is 12.5 Å². The molecule has 160 valence electrons. The van der Waals surface area contributed by atoms with E-state index in [0.29, 0.717) is 22.9 Å². The van der Waals surface area contributed by atoms with Gasteiger partial charge in [-0.3, -0.25) is 19.4 Å². The van der Waals surface area contributed by atoms with E-state index in [2.05, 4.69) is 15.7 Å². The third-order valence-corrected chi connectivity index (χ3v) is 5.21. The van der Waals surface area contributed by atoms with E-state index in [1.165, 1.54) is 19.2 Å². The first kappa shape index (κ1) is 20.3. The van der Waals surface area contributed by atoms with Crippen LogP contribution in [0.4, 0.5) is 11.4 Å². The highest BCUT2D eigenvalue weighted by Crippen LogP contribution is 2.36. The number of fused-ring (bicyclic) bond motifs is 1. The van der Waals surface area contributed by atoms with E-state index in [0.717, 1.165) is 10.5 Å². The molecule has 0 radical (unpaired) electrons. The number of anilines is 2. The van der Waals surface area contributed by atoms with Crippen LogP contribution in [0.2, 0.25) is 0 Å². The van der Waals surface area contributed by atoms with E-state index in [1.807, 2.05) is 25.1 Å². The summed E-state index contributed by atoms with van der Waals surface area (Å²) in [7, 11) is 2.96. The van der Waals surface area contributed by atoms with Crippen LogP contribution < -0.4 is 19.7 Å². The van der Waals surface area contributed by atoms with Crippen LogP contribution in [0.3, 0.4) is 0 Å². The number of hydrogen-bond acceptors (Lipinski definition) is 8. The summed E-state index contributed by atoms with van der Waals surface area (Å²) < 4.78 is 10.5. The van der Waals surface area contributed by atoms with Crippen molar-refractivity contribution < 1.29 is 23.9 Å². The lowest BCUT2D eigenvalue weighted by molar-refractivity contribution is -0.123. The summed E-state index contributed by atoms with van der Waals surface area (Å²) in [4.78, 5) is 39.5. The van der Waals surface area contributed by atoms with Crippen LogP contribution >= 0.6 is 0 Å². The summed E-state index contributed by atoms with van der Waals surface area (Å²) in [5.41, 5.74) is 1.91. The Labute approximate surface area is 178 Å². The molecular weight excluding hydrogens is 402 g/mol. The Bertz CT molecular complexity index is 1090. The molecule has 1 N–H and O–H groups in total. The van der Waals surface area contributed by atoms with E-state index >= 15 is 0 Å². The fourth-order valence-electron chi connectivity index (χ4n) is 3.62. The first-order chi connectivity index (χ1) is 14.9. The fraction of sp³-hybridized carbons (Fsp3) is 0.286. The maximum atomic E-state index is 13.1. The highest BCUT2D eigenvalue weighted by molar-refractivity contribution is 6.25. The molecule has 1 saturated heterocycles. The van der Waals surface area contributed by atoms with Gasteiger partial charge in [0.25, 0.3) is 11.8 Å². The van der Waals surface area contributed by atoms with Gasteiger partial charge < -0.3 is 14.8 Å². The molecule has 2 aliphatic rings. The smallest absolute Gasteiger partial charge is 0.263 e. The van der Waals surface area contributed by atoms with Crippen molar-refractivity contribution in [3.63, 3.8) is 0 Å². The minimum absolute atomic E-state index is 0.211. The minimum Gasteiger partial charge on any atom is -0.493 e. The number of imide groups is 1. The number of para-hydroxylation sites is 1. The van der Waals surface area contributed by atoms with Crippen LogP contribution in [0, 0.1) is 6.92 Å². The number of rotatable bonds is 6. The Morgan fingerprint density at radius 2 is 1.81 bits per heavy atom. The summed E-state index contributed by atoms with van der Waals surface area (Å²) in [5, 5.41) is 11.9. The van der Waals surface area contributed by atoms with Crippen molar-refractivity contribution >= 4 is 29.1 Å². The van der Waals surface area contributed by atoms with E-state index in [1.54, 1.807) is 24.3 Å². The van der Waals surface area contributed by atoms with Gasteiger partial charge in [-0.15, -0.1) is 0 Å². The minimum atomic E-state index is -0.994. The van der Waals surface area contributed by atoms with Crippen LogP contribution in [0.25, 0.3) is 0 Å². The average Bonchev–Trinajstić information content (AvgIpc) is 3.28. The van der Waals surface area contributed by atoms with Crippen LogP contribution in [-0.4, -0.2) is 55.6 Å². The van der Waals surface area contributed by atoms with Gasteiger partial charge >= 0.3 is 0 Å². The third-order valence-electron chi connectivity index (χ3n) is 5.21. The van der Waals surface area contributed by atoms with Crippen molar-refractivity contribution in [1.82, 2.24) is 5.01 Å². The van der Waals surface area contributed by atoms with Crippen LogP contribution in [0.15, 0.2) is 52.8 Å². The molecule has 4 rings (SSSR count). The van der Waals surface area contributed by atoms with Gasteiger partial charge in [0.2, 0.25) is 5.91 Å². The zero-order chi connectivity index (χ0) is 22.1. The van der Waals surface area contributed by atoms with Gasteiger partial charge in [0, 0.05) is 11.8 Å². The molecule has 0 bridgehead atoms. The number of aryl methyl sites for hydroxylation is 1. The van der Waals surface area contributed by atoms with E-state index < -0.39 is 23.9 Å². The quantitative estimate of drug-likeness (QED) is 0.711. The zero-order valence-electron chi connectivity index (χ0n) is 17.2. The Kier molecular flexibility index (Phi) is 5.28. The molecule has 2 heterocycles. The van der Waals surface area contributed by atoms with Crippen molar-refractivity contribution in [1.29, 1.82) is 0 Å². The fourth-order valence-corrected chi connectivity index (χ4v) is 3.62. The maximum absolute atomic E-state index is 13.1. The molecule has 0 aliphatic carbocycles. The largest absolute Gasteiger partial charge is 0.493 e. The number of ether oxygens (including phenoxy) is 2. The first-order valence-electron chi connectivity index (χ1n) is 9.57. The summed E-state index contributed by atoms with van der Waals surface area (Å²) in [6, 6.07) is 10.1. The molecular formula is C21H21N5O5. The Balaban J connectivity index is 1.52. The average molecular weight is 423 g/mol. The summed E-state index contributed by atoms with van der Waals surface area (Å²) >= 11 is 0. The number of hydrogen-bond donors (Lipinski definition) is 1. The molecule has 2 aliphatic heterocycles. The molecule has 3 amide bonds. The number of carbonyl (C=O) groups excluding carboxylic acids is 3. The van der Waals surface area contributed by atoms with Gasteiger partial charge in [-0.1, -0.05) is 23.4 Å². The molecule has 0 saturated carbocycles. The molecule has 0 spiro atoms. The van der Waals surface area contributed by atoms with Crippen molar-refractivity contribution in [2.75, 3.05) is 31.0 Å². The monoisotopic (exact) mass is 423 g/mol. The lowest BCUT2D eigenvalue weighted by Crippen LogP contribution is -2.43. The van der Waals surface area contributed by atoms with Gasteiger partial charge in [0.05, 0.1) is 19.9 Å². The second-order valence-corrected chi connectivity index (χ2v) is 7.11. The van der Waals surface area contributed by atoms with Crippen LogP contribution in [-0.2, 0) is 14.4 Å². The maximum Gasteiger partial charge on any atom is 0.263 e. The lowest BCUT2D eigenvalue weighted by atomic mass is 10.1. The predicted molar refractivity (Wildman–Crippen MR) is 111 cm³/mol. The highest BCUT2D eigenvalue weighted by Gasteiger charge is 2.55. The van der Waals surface area contributed by atoms with Gasteiger partial charge in [-0.05, 0) is 30.7 Å². The number of methoxy groups -OCH3 is 2. The molecule has 1 fully saturated rings. The second-order valence-electron chi connectivity index (χ2n) is 7.11. The van der Waals surface area contributed by atoms with Gasteiger partial charge in [-0.2, -0.15) is 5.11 Å². The molecule has 2 unspecified atom stereocenters. The topological polar surface area (TPSA) is 113 Å². The number of amides is 3. The highest BCUT2D eigenvalue weighted by atomic mass is 16.5. The van der Waals surface area contributed by atoms with Crippen molar-refractivity contribution in [3.8, 4) is 11.5 Å². The SMILES string of the molecule is COc1ccc(N2C(=O)C3N=NN(CC(=O)Nc4ccccc4C)C3C2=O)cc1OC. The van der Waals surface area contributed by atoms with Gasteiger partial charge in [-0.25, -0.2) is 4.90 Å². The molecule has 10 heteroatoms. The van der Waals surface area contributed by atoms with E-state index in [4.69, 9.17) is 9.47 Å². The normalized spacial score (nSPS) is 19.6. The molecule has 0 aromatic heterocycles. The number of nitrogens with zero attached hydrogens (tertiary/aromatic N) is 4. The van der Waals surface area contributed by atoms with Crippen LogP contribution in [0.5, 0.6) is 11.5 Å². The Hall–Kier alpha value is -3.95. The standard InChI is InChI=1S/C21H21N5O5/c1-12-6-4-5-7-14(12)22-17(27)11-25-19-18(23-24-25)20(28)26(21(19)29)13-8-9-15(30-2)16(10-13)31-3/h4-10,18-19H,11H2,1-3H3,(H,22,27). The molecule has 2 aromatic rings. The molecule has 31 heavy (non-hydrogen) atoms. The zero-order valence-corrected chi connectivity index (χ0v) is 17.2. The number of benzene rings is 2. The van der Waals surface area contributed by atoms with E-state index in [9.17, 15) is 14.4 Å². The van der Waals surface area contributed by atoms with Gasteiger partial charge in [0.1, 0.15) is 6.54 Å². The summed E-state index contributed by atoms with van der Waals surface area (Å²) in [6.45, 7) is 1.67. The number of carbonyl (C=O) groups is 3. The summed E-state index contributed by atoms with van der Waals surface area (Å²) in [6.07, 6.45) is 0. The Morgan fingerprint density at radius 1 is 1.06 bits per heavy atom. The molecule has 10 nitrogen and oxygen atoms in total. The van der Waals surface area contributed by atoms with Crippen molar-refractivity contribution in [3.05, 3.63) is 48.0 Å². The van der Waals surface area contributed by atoms with Crippen molar-refractivity contribution in [2.24, 2.45) is 10.3 Å². The third kappa shape index (κ3) is 3.56. The Morgan fingerprint density at radius 3 is 2.52 bits per heavy atom. The second kappa shape index (κ2) is 8.05. The van der Waals surface area contributed by atoms with Crippen LogP contribution in [0.1, 0.15) is 5.56 Å².